The molecule has 1 fully saturated rings. The Labute approximate surface area is 115 Å². The number of amides is 1. The van der Waals surface area contributed by atoms with E-state index < -0.39 is 5.60 Å². The quantitative estimate of drug-likeness (QED) is 0.847. The van der Waals surface area contributed by atoms with E-state index >= 15 is 0 Å². The van der Waals surface area contributed by atoms with Crippen LogP contribution >= 0.6 is 11.6 Å². The van der Waals surface area contributed by atoms with Crippen LogP contribution in [0.1, 0.15) is 25.0 Å². The Morgan fingerprint density at radius 3 is 3.05 bits per heavy atom. The number of carbonyl (C=O) groups excluding carboxylic acids is 1. The molecule has 1 aliphatic rings. The first-order chi connectivity index (χ1) is 9.02. The summed E-state index contributed by atoms with van der Waals surface area (Å²) in [6.07, 6.45) is 1.90. The maximum Gasteiger partial charge on any atom is 0.223 e. The first-order valence-electron chi connectivity index (χ1n) is 6.24. The van der Waals surface area contributed by atoms with E-state index in [1.807, 2.05) is 0 Å². The van der Waals surface area contributed by atoms with Crippen LogP contribution in [0.4, 0.5) is 0 Å². The number of hydrogen-bond acceptors (Lipinski definition) is 5. The summed E-state index contributed by atoms with van der Waals surface area (Å²) in [4.78, 5) is 13.6. The van der Waals surface area contributed by atoms with Gasteiger partial charge in [0.1, 0.15) is 11.4 Å². The number of aliphatic hydroxyl groups excluding tert-OH is 1. The van der Waals surface area contributed by atoms with E-state index in [9.17, 15) is 9.90 Å². The summed E-state index contributed by atoms with van der Waals surface area (Å²) in [5.74, 6) is 0.492. The van der Waals surface area contributed by atoms with Crippen molar-refractivity contribution in [1.29, 1.82) is 0 Å². The molecular formula is C12H17ClN2O4. The first-order valence-corrected chi connectivity index (χ1v) is 6.62. The number of halogens is 1. The molecular weight excluding hydrogens is 272 g/mol. The lowest BCUT2D eigenvalue weighted by Gasteiger charge is -2.38. The highest BCUT2D eigenvalue weighted by Crippen LogP contribution is 2.21. The zero-order valence-corrected chi connectivity index (χ0v) is 11.3. The van der Waals surface area contributed by atoms with E-state index in [1.54, 1.807) is 11.0 Å². The highest BCUT2D eigenvalue weighted by atomic mass is 35.5. The summed E-state index contributed by atoms with van der Waals surface area (Å²) in [6.45, 7) is 0.465. The Morgan fingerprint density at radius 1 is 1.63 bits per heavy atom. The standard InChI is InChI=1S/C12H17ClN2O4/c13-10-6-9(19-14-10)2-3-11(17)15-5-1-4-12(18,7-15)8-16/h6,16,18H,1-5,7-8H2. The van der Waals surface area contributed by atoms with Gasteiger partial charge in [0.25, 0.3) is 0 Å². The van der Waals surface area contributed by atoms with Gasteiger partial charge in [0, 0.05) is 25.5 Å². The fraction of sp³-hybridized carbons (Fsp3) is 0.667. The molecule has 0 spiro atoms. The number of hydrogen-bond donors (Lipinski definition) is 2. The van der Waals surface area contributed by atoms with Gasteiger partial charge in [0.05, 0.1) is 13.2 Å². The largest absolute Gasteiger partial charge is 0.393 e. The molecule has 0 aliphatic carbocycles. The topological polar surface area (TPSA) is 86.8 Å². The van der Waals surface area contributed by atoms with Crippen LogP contribution in [0.25, 0.3) is 0 Å². The second-order valence-corrected chi connectivity index (χ2v) is 5.30. The molecule has 2 rings (SSSR count). The van der Waals surface area contributed by atoms with Crippen LogP contribution in [-0.2, 0) is 11.2 Å². The number of piperidine rings is 1. The average molecular weight is 289 g/mol. The van der Waals surface area contributed by atoms with Crippen LogP contribution in [0.3, 0.4) is 0 Å². The van der Waals surface area contributed by atoms with Gasteiger partial charge < -0.3 is 19.6 Å². The number of rotatable bonds is 4. The number of β-amino-alcohol motifs (C(OH)–C–C–N with tert-alkyl or cyclic N) is 1. The van der Waals surface area contributed by atoms with Crippen molar-refractivity contribution in [1.82, 2.24) is 10.1 Å². The first kappa shape index (κ1) is 14.3. The van der Waals surface area contributed by atoms with Crippen LogP contribution in [0.5, 0.6) is 0 Å². The van der Waals surface area contributed by atoms with Crippen molar-refractivity contribution in [3.05, 3.63) is 17.0 Å². The summed E-state index contributed by atoms with van der Waals surface area (Å²) in [7, 11) is 0. The second kappa shape index (κ2) is 5.90. The predicted molar refractivity (Wildman–Crippen MR) is 67.7 cm³/mol. The van der Waals surface area contributed by atoms with Gasteiger partial charge in [0.15, 0.2) is 5.15 Å². The van der Waals surface area contributed by atoms with Gasteiger partial charge in [0.2, 0.25) is 5.91 Å². The van der Waals surface area contributed by atoms with Crippen molar-refractivity contribution in [2.45, 2.75) is 31.3 Å². The van der Waals surface area contributed by atoms with E-state index in [-0.39, 0.29) is 30.6 Å². The minimum Gasteiger partial charge on any atom is -0.393 e. The maximum absolute atomic E-state index is 12.0. The third kappa shape index (κ3) is 3.68. The predicted octanol–water partition coefficient (Wildman–Crippen LogP) is 0.606. The van der Waals surface area contributed by atoms with E-state index in [2.05, 4.69) is 5.16 Å². The maximum atomic E-state index is 12.0. The molecule has 2 N–H and O–H groups in total. The third-order valence-corrected chi connectivity index (χ3v) is 3.50. The Kier molecular flexibility index (Phi) is 4.44. The molecule has 1 saturated heterocycles. The molecule has 1 atom stereocenters. The molecule has 2 heterocycles. The summed E-state index contributed by atoms with van der Waals surface area (Å²) >= 11 is 5.62. The number of carbonyl (C=O) groups is 1. The lowest BCUT2D eigenvalue weighted by atomic mass is 9.93. The van der Waals surface area contributed by atoms with Gasteiger partial charge in [-0.1, -0.05) is 16.8 Å². The molecule has 1 aromatic rings. The van der Waals surface area contributed by atoms with Crippen LogP contribution in [0, 0.1) is 0 Å². The molecule has 19 heavy (non-hydrogen) atoms. The summed E-state index contributed by atoms with van der Waals surface area (Å²) in [5, 5.41) is 22.9. The lowest BCUT2D eigenvalue weighted by molar-refractivity contribution is -0.140. The molecule has 7 heteroatoms. The molecule has 0 saturated carbocycles. The SMILES string of the molecule is O=C(CCc1cc(Cl)no1)N1CCCC(O)(CO)C1. The fourth-order valence-electron chi connectivity index (χ4n) is 2.25. The van der Waals surface area contributed by atoms with Gasteiger partial charge >= 0.3 is 0 Å². The van der Waals surface area contributed by atoms with Crippen molar-refractivity contribution < 1.29 is 19.5 Å². The molecule has 1 amide bonds. The minimum absolute atomic E-state index is 0.0703. The Morgan fingerprint density at radius 2 is 2.42 bits per heavy atom. The molecule has 6 nitrogen and oxygen atoms in total. The Hall–Kier alpha value is -1.11. The van der Waals surface area contributed by atoms with Crippen molar-refractivity contribution in [3.8, 4) is 0 Å². The van der Waals surface area contributed by atoms with Crippen LogP contribution in [-0.4, -0.2) is 51.5 Å². The van der Waals surface area contributed by atoms with E-state index in [1.165, 1.54) is 0 Å². The van der Waals surface area contributed by atoms with E-state index in [0.717, 1.165) is 0 Å². The highest BCUT2D eigenvalue weighted by molar-refractivity contribution is 6.29. The van der Waals surface area contributed by atoms with Crippen molar-refractivity contribution >= 4 is 17.5 Å². The monoisotopic (exact) mass is 288 g/mol. The highest BCUT2D eigenvalue weighted by Gasteiger charge is 2.34. The zero-order chi connectivity index (χ0) is 13.9. The second-order valence-electron chi connectivity index (χ2n) is 4.92. The Bertz CT molecular complexity index is 451. The summed E-state index contributed by atoms with van der Waals surface area (Å²) in [6, 6.07) is 1.58. The number of aromatic nitrogens is 1. The summed E-state index contributed by atoms with van der Waals surface area (Å²) < 4.78 is 4.92. The normalized spacial score (nSPS) is 23.6. The molecule has 0 aromatic carbocycles. The Balaban J connectivity index is 1.86. The van der Waals surface area contributed by atoms with Crippen molar-refractivity contribution in [2.75, 3.05) is 19.7 Å². The van der Waals surface area contributed by atoms with Gasteiger partial charge in [-0.2, -0.15) is 0 Å². The third-order valence-electron chi connectivity index (χ3n) is 3.32. The minimum atomic E-state index is -1.16. The molecule has 0 bridgehead atoms. The zero-order valence-electron chi connectivity index (χ0n) is 10.5. The van der Waals surface area contributed by atoms with Gasteiger partial charge in [-0.05, 0) is 12.8 Å². The lowest BCUT2D eigenvalue weighted by Crippen LogP contribution is -2.52. The van der Waals surface area contributed by atoms with Gasteiger partial charge in [-0.25, -0.2) is 0 Å². The number of likely N-dealkylation sites (tertiary alicyclic amines) is 1. The fourth-order valence-corrected chi connectivity index (χ4v) is 2.40. The van der Waals surface area contributed by atoms with E-state index in [4.69, 9.17) is 21.2 Å². The molecule has 1 aromatic heterocycles. The van der Waals surface area contributed by atoms with E-state index in [0.29, 0.717) is 31.6 Å². The van der Waals surface area contributed by atoms with Gasteiger partial charge in [-0.15, -0.1) is 0 Å². The molecule has 1 aliphatic heterocycles. The van der Waals surface area contributed by atoms with Crippen LogP contribution < -0.4 is 0 Å². The molecule has 106 valence electrons. The van der Waals surface area contributed by atoms with Gasteiger partial charge in [-0.3, -0.25) is 4.79 Å². The van der Waals surface area contributed by atoms with Crippen molar-refractivity contribution in [2.24, 2.45) is 0 Å². The van der Waals surface area contributed by atoms with Crippen LogP contribution in [0.15, 0.2) is 10.6 Å². The number of aliphatic hydroxyl groups is 2. The number of aryl methyl sites for hydroxylation is 1. The van der Waals surface area contributed by atoms with Crippen molar-refractivity contribution in [3.63, 3.8) is 0 Å². The smallest absolute Gasteiger partial charge is 0.223 e. The molecule has 0 radical (unpaired) electrons. The average Bonchev–Trinajstić information content (AvgIpc) is 2.82. The molecule has 1 unspecified atom stereocenters. The summed E-state index contributed by atoms with van der Waals surface area (Å²) in [5.41, 5.74) is -1.16. The van der Waals surface area contributed by atoms with Crippen LogP contribution in [0.2, 0.25) is 5.15 Å². The number of nitrogens with zero attached hydrogens (tertiary/aromatic N) is 2.